The Morgan fingerprint density at radius 1 is 1.42 bits per heavy atom. The molecule has 3 nitrogen and oxygen atoms in total. The van der Waals surface area contributed by atoms with Crippen LogP contribution in [0.1, 0.15) is 0 Å². The van der Waals surface area contributed by atoms with Gasteiger partial charge in [0.05, 0.1) is 5.69 Å². The zero-order valence-electron chi connectivity index (χ0n) is 6.59. The largest absolute Gasteiger partial charge is 0.490 e. The third-order valence-corrected chi connectivity index (χ3v) is 1.35. The zero-order valence-corrected chi connectivity index (χ0v) is 6.59. The lowest BCUT2D eigenvalue weighted by atomic mass is 10.3. The van der Waals surface area contributed by atoms with E-state index < -0.39 is 0 Å². The van der Waals surface area contributed by atoms with Gasteiger partial charge < -0.3 is 16.2 Å². The molecular weight excluding hydrogens is 159 g/mol. The molecule has 0 aliphatic carbocycles. The molecule has 12 heavy (non-hydrogen) atoms. The molecular formula is C8H11FN2O. The first-order valence-electron chi connectivity index (χ1n) is 3.62. The lowest BCUT2D eigenvalue weighted by Crippen LogP contribution is -2.11. The molecule has 0 spiro atoms. The van der Waals surface area contributed by atoms with Crippen LogP contribution in [0, 0.1) is 5.82 Å². The molecule has 1 rings (SSSR count). The minimum atomic E-state index is -0.368. The van der Waals surface area contributed by atoms with Crippen LogP contribution < -0.4 is 16.2 Å². The molecule has 4 heteroatoms. The Bertz CT molecular complexity index is 265. The summed E-state index contributed by atoms with van der Waals surface area (Å²) in [6.07, 6.45) is 0. The Kier molecular flexibility index (Phi) is 2.88. The van der Waals surface area contributed by atoms with Gasteiger partial charge in [0.25, 0.3) is 0 Å². The highest BCUT2D eigenvalue weighted by Gasteiger charge is 2.00. The second-order valence-corrected chi connectivity index (χ2v) is 2.32. The first-order valence-corrected chi connectivity index (χ1v) is 3.62. The SMILES string of the molecule is NCCOc1ccc(F)cc1N. The number of nitrogens with two attached hydrogens (primary N) is 2. The normalized spacial score (nSPS) is 9.83. The topological polar surface area (TPSA) is 61.3 Å². The molecule has 0 heterocycles. The van der Waals surface area contributed by atoms with Gasteiger partial charge in [0.1, 0.15) is 18.2 Å². The molecule has 0 aliphatic heterocycles. The van der Waals surface area contributed by atoms with Crippen molar-refractivity contribution in [1.29, 1.82) is 0 Å². The predicted molar refractivity (Wildman–Crippen MR) is 45.4 cm³/mol. The van der Waals surface area contributed by atoms with E-state index in [0.29, 0.717) is 24.6 Å². The van der Waals surface area contributed by atoms with Crippen molar-refractivity contribution in [2.24, 2.45) is 5.73 Å². The quantitative estimate of drug-likeness (QED) is 0.658. The summed E-state index contributed by atoms with van der Waals surface area (Å²) in [4.78, 5) is 0. The molecule has 0 saturated heterocycles. The van der Waals surface area contributed by atoms with Crippen molar-refractivity contribution < 1.29 is 9.13 Å². The van der Waals surface area contributed by atoms with Crippen molar-refractivity contribution in [1.82, 2.24) is 0 Å². The van der Waals surface area contributed by atoms with E-state index >= 15 is 0 Å². The molecule has 0 aromatic heterocycles. The van der Waals surface area contributed by atoms with Crippen molar-refractivity contribution in [3.8, 4) is 5.75 Å². The van der Waals surface area contributed by atoms with Gasteiger partial charge >= 0.3 is 0 Å². The Morgan fingerprint density at radius 3 is 2.75 bits per heavy atom. The maximum absolute atomic E-state index is 12.5. The number of hydrogen-bond donors (Lipinski definition) is 2. The zero-order chi connectivity index (χ0) is 8.97. The van der Waals surface area contributed by atoms with Crippen LogP contribution in [0.15, 0.2) is 18.2 Å². The van der Waals surface area contributed by atoms with Gasteiger partial charge in [-0.05, 0) is 12.1 Å². The fourth-order valence-corrected chi connectivity index (χ4v) is 0.820. The van der Waals surface area contributed by atoms with Crippen LogP contribution in [-0.4, -0.2) is 13.2 Å². The molecule has 4 N–H and O–H groups in total. The van der Waals surface area contributed by atoms with Gasteiger partial charge in [-0.15, -0.1) is 0 Å². The van der Waals surface area contributed by atoms with Gasteiger partial charge in [0.15, 0.2) is 0 Å². The molecule has 0 amide bonds. The average molecular weight is 170 g/mol. The van der Waals surface area contributed by atoms with E-state index in [4.69, 9.17) is 16.2 Å². The van der Waals surface area contributed by atoms with E-state index in [2.05, 4.69) is 0 Å². The number of rotatable bonds is 3. The van der Waals surface area contributed by atoms with Crippen LogP contribution in [0.4, 0.5) is 10.1 Å². The van der Waals surface area contributed by atoms with Gasteiger partial charge in [-0.3, -0.25) is 0 Å². The third kappa shape index (κ3) is 2.10. The standard InChI is InChI=1S/C8H11FN2O/c9-6-1-2-8(7(11)5-6)12-4-3-10/h1-2,5H,3-4,10-11H2. The average Bonchev–Trinajstić information content (AvgIpc) is 2.03. The number of benzene rings is 1. The number of nitrogen functional groups attached to an aromatic ring is 1. The highest BCUT2D eigenvalue weighted by atomic mass is 19.1. The van der Waals surface area contributed by atoms with Crippen molar-refractivity contribution in [3.63, 3.8) is 0 Å². The summed E-state index contributed by atoms with van der Waals surface area (Å²) in [7, 11) is 0. The molecule has 66 valence electrons. The van der Waals surface area contributed by atoms with E-state index in [1.165, 1.54) is 18.2 Å². The number of halogens is 1. The van der Waals surface area contributed by atoms with Crippen molar-refractivity contribution in [3.05, 3.63) is 24.0 Å². The number of hydrogen-bond acceptors (Lipinski definition) is 3. The van der Waals surface area contributed by atoms with E-state index in [1.54, 1.807) is 0 Å². The van der Waals surface area contributed by atoms with Gasteiger partial charge in [0.2, 0.25) is 0 Å². The molecule has 0 radical (unpaired) electrons. The number of anilines is 1. The summed E-state index contributed by atoms with van der Waals surface area (Å²) in [5.41, 5.74) is 11.0. The molecule has 0 bridgehead atoms. The van der Waals surface area contributed by atoms with Crippen molar-refractivity contribution in [2.45, 2.75) is 0 Å². The second kappa shape index (κ2) is 3.92. The summed E-state index contributed by atoms with van der Waals surface area (Å²) < 4.78 is 17.6. The smallest absolute Gasteiger partial charge is 0.142 e. The first kappa shape index (κ1) is 8.80. The van der Waals surface area contributed by atoms with Gasteiger partial charge in [-0.25, -0.2) is 4.39 Å². The first-order chi connectivity index (χ1) is 5.74. The molecule has 1 aromatic carbocycles. The number of ether oxygens (including phenoxy) is 1. The van der Waals surface area contributed by atoms with E-state index in [-0.39, 0.29) is 5.82 Å². The highest BCUT2D eigenvalue weighted by molar-refractivity contribution is 5.52. The Morgan fingerprint density at radius 2 is 2.17 bits per heavy atom. The van der Waals surface area contributed by atoms with Gasteiger partial charge in [-0.2, -0.15) is 0 Å². The van der Waals surface area contributed by atoms with Crippen LogP contribution in [0.25, 0.3) is 0 Å². The highest BCUT2D eigenvalue weighted by Crippen LogP contribution is 2.21. The molecule has 0 saturated carbocycles. The van der Waals surface area contributed by atoms with Gasteiger partial charge in [0, 0.05) is 12.6 Å². The summed E-state index contributed by atoms with van der Waals surface area (Å²) in [6.45, 7) is 0.798. The van der Waals surface area contributed by atoms with E-state index in [9.17, 15) is 4.39 Å². The van der Waals surface area contributed by atoms with Crippen LogP contribution in [0.5, 0.6) is 5.75 Å². The fourth-order valence-electron chi connectivity index (χ4n) is 0.820. The van der Waals surface area contributed by atoms with Crippen molar-refractivity contribution in [2.75, 3.05) is 18.9 Å². The molecule has 0 fully saturated rings. The molecule has 1 aromatic rings. The summed E-state index contributed by atoms with van der Waals surface area (Å²) in [5.74, 6) is 0.106. The summed E-state index contributed by atoms with van der Waals surface area (Å²) in [5, 5.41) is 0. The van der Waals surface area contributed by atoms with Crippen molar-refractivity contribution >= 4 is 5.69 Å². The summed E-state index contributed by atoms with van der Waals surface area (Å²) in [6, 6.07) is 3.99. The lowest BCUT2D eigenvalue weighted by Gasteiger charge is -2.06. The van der Waals surface area contributed by atoms with Crippen LogP contribution in [-0.2, 0) is 0 Å². The molecule has 0 atom stereocenters. The Labute approximate surface area is 70.1 Å². The Balaban J connectivity index is 2.72. The monoisotopic (exact) mass is 170 g/mol. The van der Waals surface area contributed by atoms with Crippen LogP contribution in [0.2, 0.25) is 0 Å². The lowest BCUT2D eigenvalue weighted by molar-refractivity contribution is 0.329. The Hall–Kier alpha value is -1.29. The maximum Gasteiger partial charge on any atom is 0.142 e. The van der Waals surface area contributed by atoms with E-state index in [0.717, 1.165) is 0 Å². The molecule has 0 aliphatic rings. The molecule has 0 unspecified atom stereocenters. The van der Waals surface area contributed by atoms with Crippen LogP contribution in [0.3, 0.4) is 0 Å². The maximum atomic E-state index is 12.5. The third-order valence-electron chi connectivity index (χ3n) is 1.35. The minimum absolute atomic E-state index is 0.295. The van der Waals surface area contributed by atoms with Gasteiger partial charge in [-0.1, -0.05) is 0 Å². The fraction of sp³-hybridized carbons (Fsp3) is 0.250. The van der Waals surface area contributed by atoms with E-state index in [1.807, 2.05) is 0 Å². The predicted octanol–water partition coefficient (Wildman–Crippen LogP) is 0.745. The minimum Gasteiger partial charge on any atom is -0.490 e. The summed E-state index contributed by atoms with van der Waals surface area (Å²) >= 11 is 0. The van der Waals surface area contributed by atoms with Crippen LogP contribution >= 0.6 is 0 Å². The second-order valence-electron chi connectivity index (χ2n) is 2.32.